The maximum absolute atomic E-state index is 13.0. The van der Waals surface area contributed by atoms with Gasteiger partial charge in [-0.05, 0) is 50.6 Å². The third kappa shape index (κ3) is 5.03. The summed E-state index contributed by atoms with van der Waals surface area (Å²) in [5, 5.41) is 8.14. The molecule has 33 heavy (non-hydrogen) atoms. The Labute approximate surface area is 198 Å². The smallest absolute Gasteiger partial charge is 0.321 e. The Kier molecular flexibility index (Phi) is 6.70. The summed E-state index contributed by atoms with van der Waals surface area (Å²) in [6.45, 7) is 7.83. The summed E-state index contributed by atoms with van der Waals surface area (Å²) in [7, 11) is 0. The number of nitrogens with one attached hydrogen (secondary N) is 1. The minimum absolute atomic E-state index is 0.0548. The molecule has 1 N–H and O–H groups in total. The average Bonchev–Trinajstić information content (AvgIpc) is 3.10. The maximum Gasteiger partial charge on any atom is 0.321 e. The first-order chi connectivity index (χ1) is 15.8. The van der Waals surface area contributed by atoms with E-state index < -0.39 is 0 Å². The Morgan fingerprint density at radius 1 is 0.970 bits per heavy atom. The quantitative estimate of drug-likeness (QED) is 0.622. The number of aryl methyl sites for hydroxylation is 2. The summed E-state index contributed by atoms with van der Waals surface area (Å²) in [4.78, 5) is 29.2. The van der Waals surface area contributed by atoms with E-state index in [0.717, 1.165) is 28.2 Å². The van der Waals surface area contributed by atoms with E-state index in [4.69, 9.17) is 11.6 Å². The van der Waals surface area contributed by atoms with Crippen molar-refractivity contribution < 1.29 is 9.59 Å². The highest BCUT2D eigenvalue weighted by Crippen LogP contribution is 2.21. The molecular weight excluding hydrogens is 438 g/mol. The zero-order valence-electron chi connectivity index (χ0n) is 19.1. The molecule has 0 atom stereocenters. The first-order valence-electron chi connectivity index (χ1n) is 11.0. The molecule has 3 aromatic rings. The van der Waals surface area contributed by atoms with E-state index in [9.17, 15) is 9.59 Å². The Morgan fingerprint density at radius 2 is 1.64 bits per heavy atom. The predicted molar refractivity (Wildman–Crippen MR) is 130 cm³/mol. The molecule has 1 aliphatic heterocycles. The van der Waals surface area contributed by atoms with Crippen molar-refractivity contribution in [2.75, 3.05) is 31.5 Å². The number of carbonyl (C=O) groups is 2. The molecule has 2 aromatic carbocycles. The number of hydrogen-bond donors (Lipinski definition) is 1. The van der Waals surface area contributed by atoms with Gasteiger partial charge in [0.2, 0.25) is 5.91 Å². The van der Waals surface area contributed by atoms with Crippen LogP contribution in [-0.2, 0) is 11.2 Å². The number of para-hydroxylation sites is 1. The van der Waals surface area contributed by atoms with Crippen LogP contribution in [0.4, 0.5) is 10.5 Å². The van der Waals surface area contributed by atoms with E-state index in [1.165, 1.54) is 0 Å². The van der Waals surface area contributed by atoms with Crippen LogP contribution in [0.1, 0.15) is 22.5 Å². The van der Waals surface area contributed by atoms with Gasteiger partial charge in [0.1, 0.15) is 0 Å². The molecule has 8 heteroatoms. The van der Waals surface area contributed by atoms with Crippen LogP contribution in [-0.4, -0.2) is 57.7 Å². The number of amides is 3. The lowest BCUT2D eigenvalue weighted by Crippen LogP contribution is -2.52. The Bertz CT molecular complexity index is 1170. The predicted octanol–water partition coefficient (Wildman–Crippen LogP) is 4.37. The van der Waals surface area contributed by atoms with Crippen LogP contribution in [0.2, 0.25) is 5.02 Å². The standard InChI is InChI=1S/C25H28ClN5O2/c1-17-9-10-20(15-23(17)26)27-25(33)30-13-11-29(12-14-30)24(32)16-22-18(2)28-31(19(22)3)21-7-5-4-6-8-21/h4-10,15H,11-14,16H2,1-3H3,(H,27,33). The summed E-state index contributed by atoms with van der Waals surface area (Å²) in [6.07, 6.45) is 0.304. The van der Waals surface area contributed by atoms with Crippen molar-refractivity contribution >= 4 is 29.2 Å². The number of carbonyl (C=O) groups excluding carboxylic acids is 2. The van der Waals surface area contributed by atoms with Crippen molar-refractivity contribution in [3.05, 3.63) is 76.1 Å². The third-order valence-electron chi connectivity index (χ3n) is 6.11. The molecule has 0 unspecified atom stereocenters. The summed E-state index contributed by atoms with van der Waals surface area (Å²) in [6, 6.07) is 15.2. The van der Waals surface area contributed by atoms with E-state index in [1.54, 1.807) is 11.0 Å². The topological polar surface area (TPSA) is 70.5 Å². The van der Waals surface area contributed by atoms with Gasteiger partial charge in [-0.15, -0.1) is 0 Å². The molecule has 0 saturated carbocycles. The number of urea groups is 1. The third-order valence-corrected chi connectivity index (χ3v) is 6.52. The molecule has 0 aliphatic carbocycles. The fourth-order valence-electron chi connectivity index (χ4n) is 4.05. The van der Waals surface area contributed by atoms with Crippen LogP contribution in [0.3, 0.4) is 0 Å². The van der Waals surface area contributed by atoms with Crippen LogP contribution in [0.25, 0.3) is 5.69 Å². The lowest BCUT2D eigenvalue weighted by atomic mass is 10.1. The molecular formula is C25H28ClN5O2. The number of hydrogen-bond acceptors (Lipinski definition) is 3. The summed E-state index contributed by atoms with van der Waals surface area (Å²) in [5.74, 6) is 0.0548. The van der Waals surface area contributed by atoms with Crippen molar-refractivity contribution in [1.82, 2.24) is 19.6 Å². The molecule has 172 valence electrons. The van der Waals surface area contributed by atoms with E-state index in [1.807, 2.05) is 72.8 Å². The summed E-state index contributed by atoms with van der Waals surface area (Å²) < 4.78 is 1.89. The van der Waals surface area contributed by atoms with Gasteiger partial charge in [-0.2, -0.15) is 5.10 Å². The molecule has 1 fully saturated rings. The first kappa shape index (κ1) is 22.9. The van der Waals surface area contributed by atoms with Crippen LogP contribution in [0, 0.1) is 20.8 Å². The number of nitrogens with zero attached hydrogens (tertiary/aromatic N) is 4. The van der Waals surface area contributed by atoms with Gasteiger partial charge >= 0.3 is 6.03 Å². The van der Waals surface area contributed by atoms with Crippen molar-refractivity contribution in [2.24, 2.45) is 0 Å². The molecule has 0 radical (unpaired) electrons. The highest BCUT2D eigenvalue weighted by Gasteiger charge is 2.26. The molecule has 1 aliphatic rings. The molecule has 4 rings (SSSR count). The molecule has 3 amide bonds. The van der Waals surface area contributed by atoms with Gasteiger partial charge in [0.15, 0.2) is 0 Å². The lowest BCUT2D eigenvalue weighted by molar-refractivity contribution is -0.131. The second-order valence-electron chi connectivity index (χ2n) is 8.34. The number of halogens is 1. The highest BCUT2D eigenvalue weighted by atomic mass is 35.5. The van der Waals surface area contributed by atoms with Gasteiger partial charge in [-0.25, -0.2) is 9.48 Å². The molecule has 2 heterocycles. The van der Waals surface area contributed by atoms with E-state index >= 15 is 0 Å². The molecule has 7 nitrogen and oxygen atoms in total. The molecule has 1 aromatic heterocycles. The van der Waals surface area contributed by atoms with Gasteiger partial charge in [-0.1, -0.05) is 35.9 Å². The summed E-state index contributed by atoms with van der Waals surface area (Å²) >= 11 is 6.15. The van der Waals surface area contributed by atoms with E-state index in [2.05, 4.69) is 10.4 Å². The zero-order chi connectivity index (χ0) is 23.5. The molecule has 0 spiro atoms. The van der Waals surface area contributed by atoms with Gasteiger partial charge in [0.25, 0.3) is 0 Å². The Morgan fingerprint density at radius 3 is 2.30 bits per heavy atom. The number of piperazine rings is 1. The van der Waals surface area contributed by atoms with Crippen LogP contribution < -0.4 is 5.32 Å². The Balaban J connectivity index is 1.35. The van der Waals surface area contributed by atoms with Crippen molar-refractivity contribution in [2.45, 2.75) is 27.2 Å². The van der Waals surface area contributed by atoms with E-state index in [0.29, 0.717) is 43.3 Å². The van der Waals surface area contributed by atoms with Gasteiger partial charge < -0.3 is 15.1 Å². The fourth-order valence-corrected chi connectivity index (χ4v) is 4.23. The Hall–Kier alpha value is -3.32. The number of anilines is 1. The van der Waals surface area contributed by atoms with Gasteiger partial charge in [-0.3, -0.25) is 4.79 Å². The second kappa shape index (κ2) is 9.67. The number of aromatic nitrogens is 2. The van der Waals surface area contributed by atoms with Gasteiger partial charge in [0, 0.05) is 48.1 Å². The van der Waals surface area contributed by atoms with Crippen LogP contribution in [0.15, 0.2) is 48.5 Å². The number of rotatable bonds is 4. The first-order valence-corrected chi connectivity index (χ1v) is 11.4. The molecule has 0 bridgehead atoms. The number of benzene rings is 2. The van der Waals surface area contributed by atoms with Crippen molar-refractivity contribution in [1.29, 1.82) is 0 Å². The molecule has 1 saturated heterocycles. The van der Waals surface area contributed by atoms with Crippen LogP contribution >= 0.6 is 11.6 Å². The zero-order valence-corrected chi connectivity index (χ0v) is 19.9. The SMILES string of the molecule is Cc1ccc(NC(=O)N2CCN(C(=O)Cc3c(C)nn(-c4ccccc4)c3C)CC2)cc1Cl. The monoisotopic (exact) mass is 465 g/mol. The van der Waals surface area contributed by atoms with Gasteiger partial charge in [0.05, 0.1) is 17.8 Å². The maximum atomic E-state index is 13.0. The highest BCUT2D eigenvalue weighted by molar-refractivity contribution is 6.31. The minimum atomic E-state index is -0.183. The van der Waals surface area contributed by atoms with E-state index in [-0.39, 0.29) is 11.9 Å². The minimum Gasteiger partial charge on any atom is -0.339 e. The largest absolute Gasteiger partial charge is 0.339 e. The normalized spacial score (nSPS) is 13.8. The lowest BCUT2D eigenvalue weighted by Gasteiger charge is -2.34. The van der Waals surface area contributed by atoms with Crippen molar-refractivity contribution in [3.63, 3.8) is 0 Å². The van der Waals surface area contributed by atoms with Crippen LogP contribution in [0.5, 0.6) is 0 Å². The fraction of sp³-hybridized carbons (Fsp3) is 0.320. The second-order valence-corrected chi connectivity index (χ2v) is 8.74. The van der Waals surface area contributed by atoms with Crippen molar-refractivity contribution in [3.8, 4) is 5.69 Å². The average molecular weight is 466 g/mol. The summed E-state index contributed by atoms with van der Waals surface area (Å²) in [5.41, 5.74) is 5.39.